The molecule has 0 amide bonds. The van der Waals surface area contributed by atoms with Crippen LogP contribution < -0.4 is 108 Å². The second kappa shape index (κ2) is 10.7. The Morgan fingerprint density at radius 3 is 1.67 bits per heavy atom. The monoisotopic (exact) mass is 138 g/mol. The van der Waals surface area contributed by atoms with Crippen LogP contribution in [0.25, 0.3) is 0 Å². The molecule has 0 unspecified atom stereocenters. The Labute approximate surface area is 123 Å². The van der Waals surface area contributed by atoms with Crippen LogP contribution >= 0.6 is 0 Å². The van der Waals surface area contributed by atoms with Crippen molar-refractivity contribution in [2.24, 2.45) is 0 Å². The van der Waals surface area contributed by atoms with Gasteiger partial charge in [0, 0.05) is 5.97 Å². The van der Waals surface area contributed by atoms with Crippen LogP contribution in [0, 0.1) is 0 Å². The molecule has 0 saturated heterocycles. The molecule has 0 aliphatic carbocycles. The Morgan fingerprint density at radius 2 is 1.67 bits per heavy atom. The zero-order valence-corrected chi connectivity index (χ0v) is 10.6. The second-order valence-corrected chi connectivity index (χ2v) is 0.492. The molecule has 0 radical (unpaired) electrons. The van der Waals surface area contributed by atoms with Crippen molar-refractivity contribution in [2.75, 3.05) is 0 Å². The van der Waals surface area contributed by atoms with E-state index in [1.807, 2.05) is 0 Å². The average molecular weight is 138 g/mol. The number of carboxylic acid groups (broad SMARTS) is 1. The molecule has 0 aromatic heterocycles. The van der Waals surface area contributed by atoms with Crippen LogP contribution in [0.5, 0.6) is 0 Å². The maximum Gasteiger partial charge on any atom is 1.00 e. The molecule has 0 fully saturated rings. The minimum Gasteiger partial charge on any atom is -1.00 e. The van der Waals surface area contributed by atoms with Crippen LogP contribution in [0.15, 0.2) is 0 Å². The fourth-order valence-corrected chi connectivity index (χ4v) is 0. The Morgan fingerprint density at radius 1 is 1.67 bits per heavy atom. The number of hydrogen-bond acceptors (Lipinski definition) is 2. The van der Waals surface area contributed by atoms with Gasteiger partial charge in [-0.25, -0.2) is 0 Å². The van der Waals surface area contributed by atoms with E-state index in [2.05, 4.69) is 0 Å². The molecule has 0 N–H and O–H groups in total. The fraction of sp³-hybridized carbons (Fsp3) is 0.500. The molecule has 0 bridgehead atoms. The van der Waals surface area contributed by atoms with Crippen molar-refractivity contribution in [3.8, 4) is 0 Å². The Bertz CT molecular complexity index is 36.7. The van der Waals surface area contributed by atoms with Gasteiger partial charge in [-0.1, -0.05) is 0 Å². The van der Waals surface area contributed by atoms with Gasteiger partial charge in [0.15, 0.2) is 0 Å². The van der Waals surface area contributed by atoms with E-state index in [1.54, 1.807) is 0 Å². The Kier molecular flexibility index (Phi) is 28.3. The molecule has 0 aromatic rings. The van der Waals surface area contributed by atoms with Gasteiger partial charge < -0.3 is 11.3 Å². The van der Waals surface area contributed by atoms with Gasteiger partial charge in [-0.3, -0.25) is 0 Å². The van der Waals surface area contributed by atoms with Crippen LogP contribution in [-0.2, 0) is 4.79 Å². The third kappa shape index (κ3) is 29.6. The summed E-state index contributed by atoms with van der Waals surface area (Å²) in [5.74, 6) is -1.08. The van der Waals surface area contributed by atoms with Gasteiger partial charge in [-0.05, 0) is 6.92 Å². The van der Waals surface area contributed by atoms with Gasteiger partial charge in [-0.15, -0.1) is 0 Å². The average Bonchev–Trinajstić information content (AvgIpc) is 0.811. The molecule has 0 rings (SSSR count). The first-order valence-corrected chi connectivity index (χ1v) is 0.908. The Balaban J connectivity index is -0.0000000150. The van der Waals surface area contributed by atoms with E-state index in [0.717, 1.165) is 6.92 Å². The van der Waals surface area contributed by atoms with Crippen LogP contribution in [0.4, 0.5) is 0 Å². The summed E-state index contributed by atoms with van der Waals surface area (Å²) in [5.41, 5.74) is 0. The molecule has 2 nitrogen and oxygen atoms in total. The summed E-state index contributed by atoms with van der Waals surface area (Å²) in [7, 11) is 0. The zero-order chi connectivity index (χ0) is 3.58. The number of carbonyl (C=O) groups excluding carboxylic acids is 1. The SMILES string of the molecule is CC(=O)[O-].[H-].[K+].[K+]. The van der Waals surface area contributed by atoms with Crippen molar-refractivity contribution in [1.29, 1.82) is 0 Å². The van der Waals surface area contributed by atoms with E-state index in [-0.39, 0.29) is 104 Å². The summed E-state index contributed by atoms with van der Waals surface area (Å²) in [4.78, 5) is 8.89. The van der Waals surface area contributed by atoms with E-state index in [1.165, 1.54) is 0 Å². The minimum absolute atomic E-state index is 0. The van der Waals surface area contributed by atoms with Crippen molar-refractivity contribution in [3.63, 3.8) is 0 Å². The van der Waals surface area contributed by atoms with E-state index in [9.17, 15) is 0 Å². The first-order chi connectivity index (χ1) is 1.73. The first-order valence-electron chi connectivity index (χ1n) is 0.908. The smallest absolute Gasteiger partial charge is 1.00 e. The normalized spacial score (nSPS) is 4.17. The van der Waals surface area contributed by atoms with Gasteiger partial charge in [-0.2, -0.15) is 0 Å². The summed E-state index contributed by atoms with van der Waals surface area (Å²) < 4.78 is 0. The number of carbonyl (C=O) groups is 1. The quantitative estimate of drug-likeness (QED) is 0.312. The first kappa shape index (κ1) is 15.9. The number of hydrogen-bond donors (Lipinski definition) is 0. The molecule has 0 aliphatic heterocycles. The van der Waals surface area contributed by atoms with E-state index in [0.29, 0.717) is 0 Å². The largest absolute Gasteiger partial charge is 1.00 e. The second-order valence-electron chi connectivity index (χ2n) is 0.492. The fourth-order valence-electron chi connectivity index (χ4n) is 0. The maximum absolute atomic E-state index is 8.89. The minimum atomic E-state index is -1.08. The van der Waals surface area contributed by atoms with Crippen LogP contribution in [0.2, 0.25) is 0 Å². The molecule has 0 atom stereocenters. The van der Waals surface area contributed by atoms with Crippen molar-refractivity contribution >= 4 is 5.97 Å². The van der Waals surface area contributed by atoms with Gasteiger partial charge >= 0.3 is 103 Å². The van der Waals surface area contributed by atoms with E-state index < -0.39 is 5.97 Å². The molecule has 0 aliphatic rings. The third-order valence-corrected chi connectivity index (χ3v) is 0. The van der Waals surface area contributed by atoms with Crippen molar-refractivity contribution in [3.05, 3.63) is 0 Å². The van der Waals surface area contributed by atoms with Crippen molar-refractivity contribution < 1.29 is 114 Å². The summed E-state index contributed by atoms with van der Waals surface area (Å²) in [5, 5.41) is 8.89. The van der Waals surface area contributed by atoms with Crippen molar-refractivity contribution in [2.45, 2.75) is 6.92 Å². The van der Waals surface area contributed by atoms with Crippen LogP contribution in [0.1, 0.15) is 8.35 Å². The summed E-state index contributed by atoms with van der Waals surface area (Å²) in [6.45, 7) is 0.972. The van der Waals surface area contributed by atoms with E-state index >= 15 is 0 Å². The summed E-state index contributed by atoms with van der Waals surface area (Å²) in [6, 6.07) is 0. The topological polar surface area (TPSA) is 40.1 Å². The van der Waals surface area contributed by atoms with Gasteiger partial charge in [0.25, 0.3) is 0 Å². The molecule has 6 heavy (non-hydrogen) atoms. The molecule has 0 aromatic carbocycles. The Hall–Kier alpha value is 2.74. The number of rotatable bonds is 0. The summed E-state index contributed by atoms with van der Waals surface area (Å²) in [6.07, 6.45) is 0. The maximum atomic E-state index is 8.89. The van der Waals surface area contributed by atoms with Gasteiger partial charge in [0.1, 0.15) is 0 Å². The standard InChI is InChI=1S/C2H4O2.2K.H/c1-2(3)4;;;/h1H3,(H,3,4);;;/q;2*+1;-1/p-1. The number of aliphatic carboxylic acids is 1. The van der Waals surface area contributed by atoms with E-state index in [4.69, 9.17) is 9.90 Å². The predicted octanol–water partition coefficient (Wildman–Crippen LogP) is -7.12. The molecule has 0 saturated carbocycles. The van der Waals surface area contributed by atoms with Gasteiger partial charge in [0.05, 0.1) is 0 Å². The number of carboxylic acids is 1. The van der Waals surface area contributed by atoms with Gasteiger partial charge in [0.2, 0.25) is 0 Å². The molecule has 26 valence electrons. The van der Waals surface area contributed by atoms with Crippen LogP contribution in [0.3, 0.4) is 0 Å². The van der Waals surface area contributed by atoms with Crippen molar-refractivity contribution in [1.82, 2.24) is 0 Å². The zero-order valence-electron chi connectivity index (χ0n) is 5.32. The molecular weight excluding hydrogens is 134 g/mol. The predicted molar refractivity (Wildman–Crippen MR) is 11.8 cm³/mol. The molecular formula is C2H4K2O2. The summed E-state index contributed by atoms with van der Waals surface area (Å²) >= 11 is 0. The molecule has 0 heterocycles. The molecule has 4 heteroatoms. The molecule has 0 spiro atoms. The third-order valence-electron chi connectivity index (χ3n) is 0. The van der Waals surface area contributed by atoms with Crippen LogP contribution in [-0.4, -0.2) is 5.97 Å².